The standard InChI is InChI=1S/C20H39N3O3S3/c1-4-5-6-7-8-9-10-11-12-13-14-17(24)22-19(21)23(20(27,28)29)15-18(25)26-16(2)3/h16,27-29H,4-15H2,1-3H3,(H2,21,22,24). The molecule has 0 aliphatic carbocycles. The number of rotatable bonds is 15. The fourth-order valence-corrected chi connectivity index (χ4v) is 3.31. The topological polar surface area (TPSA) is 82.5 Å². The number of hydrogen-bond acceptors (Lipinski definition) is 7. The van der Waals surface area contributed by atoms with Crippen LogP contribution in [0.4, 0.5) is 0 Å². The predicted molar refractivity (Wildman–Crippen MR) is 130 cm³/mol. The molecule has 0 radical (unpaired) electrons. The summed E-state index contributed by atoms with van der Waals surface area (Å²) in [5.74, 6) is -1.09. The van der Waals surface area contributed by atoms with Crippen molar-refractivity contribution in [1.82, 2.24) is 10.2 Å². The van der Waals surface area contributed by atoms with Crippen molar-refractivity contribution < 1.29 is 14.3 Å². The van der Waals surface area contributed by atoms with Gasteiger partial charge in [-0.05, 0) is 20.3 Å². The Morgan fingerprint density at radius 2 is 1.45 bits per heavy atom. The number of esters is 1. The van der Waals surface area contributed by atoms with E-state index in [2.05, 4.69) is 50.1 Å². The number of ether oxygens (including phenoxy) is 1. The first-order valence-electron chi connectivity index (χ1n) is 10.6. The van der Waals surface area contributed by atoms with Gasteiger partial charge in [-0.2, -0.15) is 0 Å². The van der Waals surface area contributed by atoms with Gasteiger partial charge in [-0.25, -0.2) is 0 Å². The first-order chi connectivity index (χ1) is 13.6. The van der Waals surface area contributed by atoms with E-state index >= 15 is 0 Å². The number of guanidine groups is 1. The smallest absolute Gasteiger partial charge is 0.326 e. The quantitative estimate of drug-likeness (QED) is 0.0588. The summed E-state index contributed by atoms with van der Waals surface area (Å²) in [6, 6.07) is 0. The zero-order valence-corrected chi connectivity index (χ0v) is 20.8. The minimum atomic E-state index is -1.39. The average molecular weight is 466 g/mol. The van der Waals surface area contributed by atoms with Crippen LogP contribution in [0.5, 0.6) is 0 Å². The lowest BCUT2D eigenvalue weighted by molar-refractivity contribution is -0.147. The van der Waals surface area contributed by atoms with Crippen LogP contribution in [0.3, 0.4) is 0 Å². The molecule has 0 fully saturated rings. The summed E-state index contributed by atoms with van der Waals surface area (Å²) in [5, 5.41) is 10.6. The summed E-state index contributed by atoms with van der Waals surface area (Å²) in [6.07, 6.45) is 12.0. The number of nitrogens with one attached hydrogen (secondary N) is 2. The molecule has 1 amide bonds. The van der Waals surface area contributed by atoms with E-state index in [-0.39, 0.29) is 24.5 Å². The minimum absolute atomic E-state index is 0.268. The van der Waals surface area contributed by atoms with E-state index in [1.165, 1.54) is 44.9 Å². The van der Waals surface area contributed by atoms with Gasteiger partial charge < -0.3 is 4.74 Å². The van der Waals surface area contributed by atoms with Crippen LogP contribution in [0.15, 0.2) is 0 Å². The van der Waals surface area contributed by atoms with E-state index in [4.69, 9.17) is 10.1 Å². The zero-order chi connectivity index (χ0) is 22.3. The Morgan fingerprint density at radius 3 is 1.90 bits per heavy atom. The Balaban J connectivity index is 4.12. The van der Waals surface area contributed by atoms with Crippen molar-refractivity contribution in [2.45, 2.75) is 101 Å². The number of carbonyl (C=O) groups is 2. The minimum Gasteiger partial charge on any atom is -0.462 e. The maximum absolute atomic E-state index is 12.1. The van der Waals surface area contributed by atoms with Crippen molar-refractivity contribution in [2.24, 2.45) is 0 Å². The molecular formula is C20H39N3O3S3. The number of thiol groups is 3. The molecular weight excluding hydrogens is 426 g/mol. The number of carbonyl (C=O) groups excluding carboxylic acids is 2. The molecule has 0 rings (SSSR count). The van der Waals surface area contributed by atoms with Crippen molar-refractivity contribution in [3.8, 4) is 0 Å². The second kappa shape index (κ2) is 16.2. The molecule has 0 aromatic rings. The van der Waals surface area contributed by atoms with Crippen LogP contribution >= 0.6 is 37.9 Å². The van der Waals surface area contributed by atoms with E-state index in [0.29, 0.717) is 6.42 Å². The van der Waals surface area contributed by atoms with Crippen molar-refractivity contribution in [2.75, 3.05) is 6.54 Å². The van der Waals surface area contributed by atoms with Crippen LogP contribution in [-0.2, 0) is 14.3 Å². The molecule has 0 heterocycles. The SMILES string of the molecule is CCCCCCCCCCCCC(=O)NC(=N)N(CC(=O)OC(C)C)C(S)(S)S. The molecule has 0 unspecified atom stereocenters. The molecule has 6 nitrogen and oxygen atoms in total. The van der Waals surface area contributed by atoms with E-state index in [9.17, 15) is 9.59 Å². The van der Waals surface area contributed by atoms with Gasteiger partial charge in [-0.1, -0.05) is 64.7 Å². The third-order valence-electron chi connectivity index (χ3n) is 4.30. The highest BCUT2D eigenvalue weighted by atomic mass is 32.2. The van der Waals surface area contributed by atoms with Crippen LogP contribution in [0.2, 0.25) is 0 Å². The molecule has 0 saturated carbocycles. The maximum Gasteiger partial charge on any atom is 0.326 e. The number of nitrogens with zero attached hydrogens (tertiary/aromatic N) is 1. The van der Waals surface area contributed by atoms with E-state index < -0.39 is 9.50 Å². The van der Waals surface area contributed by atoms with Crippen LogP contribution in [0.1, 0.15) is 91.4 Å². The highest BCUT2D eigenvalue weighted by Gasteiger charge is 2.30. The Bertz CT molecular complexity index is 497. The normalized spacial score (nSPS) is 11.4. The molecule has 0 atom stereocenters. The Labute approximate surface area is 193 Å². The fourth-order valence-electron chi connectivity index (χ4n) is 2.80. The summed E-state index contributed by atoms with van der Waals surface area (Å²) in [5.41, 5.74) is 0. The van der Waals surface area contributed by atoms with Crippen molar-refractivity contribution in [3.63, 3.8) is 0 Å². The van der Waals surface area contributed by atoms with Crippen LogP contribution in [0.25, 0.3) is 0 Å². The molecule has 2 N–H and O–H groups in total. The van der Waals surface area contributed by atoms with Crippen LogP contribution < -0.4 is 5.32 Å². The highest BCUT2D eigenvalue weighted by molar-refractivity contribution is 8.16. The number of unbranched alkanes of at least 4 members (excludes halogenated alkanes) is 9. The Kier molecular flexibility index (Phi) is 15.9. The first-order valence-corrected chi connectivity index (χ1v) is 11.9. The van der Waals surface area contributed by atoms with Crippen LogP contribution in [-0.4, -0.2) is 38.9 Å². The molecule has 0 aliphatic heterocycles. The van der Waals surface area contributed by atoms with Crippen LogP contribution in [0, 0.1) is 5.41 Å². The lowest BCUT2D eigenvalue weighted by atomic mass is 10.1. The third-order valence-corrected chi connectivity index (χ3v) is 5.03. The molecule has 0 saturated heterocycles. The van der Waals surface area contributed by atoms with Gasteiger partial charge in [-0.3, -0.25) is 25.2 Å². The van der Waals surface area contributed by atoms with Gasteiger partial charge in [0.15, 0.2) is 3.54 Å². The lowest BCUT2D eigenvalue weighted by Crippen LogP contribution is -2.51. The molecule has 0 aliphatic rings. The Morgan fingerprint density at radius 1 is 0.966 bits per heavy atom. The molecule has 29 heavy (non-hydrogen) atoms. The third kappa shape index (κ3) is 15.9. The second-order valence-corrected chi connectivity index (χ2v) is 10.6. The molecule has 0 bridgehead atoms. The highest BCUT2D eigenvalue weighted by Crippen LogP contribution is 2.29. The van der Waals surface area contributed by atoms with Gasteiger partial charge in [0.25, 0.3) is 0 Å². The summed E-state index contributed by atoms with van der Waals surface area (Å²) in [6.45, 7) is 5.40. The zero-order valence-electron chi connectivity index (χ0n) is 18.1. The molecule has 0 aromatic carbocycles. The Hall–Kier alpha value is -0.540. The molecule has 9 heteroatoms. The largest absolute Gasteiger partial charge is 0.462 e. The van der Waals surface area contributed by atoms with Gasteiger partial charge in [0.05, 0.1) is 6.10 Å². The summed E-state index contributed by atoms with van der Waals surface area (Å²) in [4.78, 5) is 25.2. The van der Waals surface area contributed by atoms with Gasteiger partial charge in [0, 0.05) is 6.42 Å². The van der Waals surface area contributed by atoms with E-state index in [1.54, 1.807) is 13.8 Å². The van der Waals surface area contributed by atoms with E-state index in [0.717, 1.165) is 24.2 Å². The first kappa shape index (κ1) is 28.5. The lowest BCUT2D eigenvalue weighted by Gasteiger charge is -2.33. The van der Waals surface area contributed by atoms with Gasteiger partial charge in [0.1, 0.15) is 6.54 Å². The summed E-state index contributed by atoms with van der Waals surface area (Å²) < 4.78 is 3.69. The van der Waals surface area contributed by atoms with Gasteiger partial charge >= 0.3 is 5.97 Å². The van der Waals surface area contributed by atoms with Crippen molar-refractivity contribution >= 4 is 55.7 Å². The number of amides is 1. The molecule has 170 valence electrons. The van der Waals surface area contributed by atoms with Gasteiger partial charge in [0.2, 0.25) is 11.9 Å². The van der Waals surface area contributed by atoms with E-state index in [1.807, 2.05) is 0 Å². The predicted octanol–water partition coefficient (Wildman–Crippen LogP) is 5.00. The van der Waals surface area contributed by atoms with Gasteiger partial charge in [-0.15, -0.1) is 37.9 Å². The molecule has 0 aromatic heterocycles. The van der Waals surface area contributed by atoms with Crippen molar-refractivity contribution in [3.05, 3.63) is 0 Å². The maximum atomic E-state index is 12.1. The second-order valence-electron chi connectivity index (χ2n) is 7.55. The average Bonchev–Trinajstić information content (AvgIpc) is 2.59. The van der Waals surface area contributed by atoms with Crippen molar-refractivity contribution in [1.29, 1.82) is 5.41 Å². The molecule has 0 spiro atoms. The monoisotopic (exact) mass is 465 g/mol. The summed E-state index contributed by atoms with van der Waals surface area (Å²) >= 11 is 12.5. The fraction of sp³-hybridized carbons (Fsp3) is 0.850. The number of hydrogen-bond donors (Lipinski definition) is 5. The summed E-state index contributed by atoms with van der Waals surface area (Å²) in [7, 11) is 0.